The first-order valence-corrected chi connectivity index (χ1v) is 12.1. The second-order valence-electron chi connectivity index (χ2n) is 7.29. The molecule has 36 heavy (non-hydrogen) atoms. The van der Waals surface area contributed by atoms with E-state index in [1.807, 2.05) is 11.5 Å². The van der Waals surface area contributed by atoms with Crippen molar-refractivity contribution in [2.45, 2.75) is 25.2 Å². The maximum absolute atomic E-state index is 12.3. The molecule has 0 aliphatic heterocycles. The van der Waals surface area contributed by atoms with Crippen LogP contribution in [0.5, 0.6) is 23.0 Å². The Kier molecular flexibility index (Phi) is 9.81. The SMILES string of the molecule is CCn1c(CNC(=O)COc2ccc(OC)c(OC)c2)nnc1SCC(=O)Nc1ccc(OC)cc1. The van der Waals surface area contributed by atoms with Crippen LogP contribution >= 0.6 is 11.8 Å². The van der Waals surface area contributed by atoms with Gasteiger partial charge < -0.3 is 34.1 Å². The van der Waals surface area contributed by atoms with E-state index in [1.54, 1.807) is 56.7 Å². The number of thioether (sulfide) groups is 1. The van der Waals surface area contributed by atoms with Crippen LogP contribution in [0.3, 0.4) is 0 Å². The third-order valence-corrected chi connectivity index (χ3v) is 5.95. The predicted molar refractivity (Wildman–Crippen MR) is 135 cm³/mol. The van der Waals surface area contributed by atoms with Crippen molar-refractivity contribution in [1.29, 1.82) is 0 Å². The molecule has 1 heterocycles. The molecule has 2 N–H and O–H groups in total. The van der Waals surface area contributed by atoms with Gasteiger partial charge in [-0.3, -0.25) is 9.59 Å². The second kappa shape index (κ2) is 13.2. The summed E-state index contributed by atoms with van der Waals surface area (Å²) in [4.78, 5) is 24.6. The highest BCUT2D eigenvalue weighted by molar-refractivity contribution is 7.99. The third-order valence-electron chi connectivity index (χ3n) is 4.98. The first kappa shape index (κ1) is 26.7. The summed E-state index contributed by atoms with van der Waals surface area (Å²) in [7, 11) is 4.65. The number of rotatable bonds is 13. The zero-order valence-electron chi connectivity index (χ0n) is 20.6. The third kappa shape index (κ3) is 7.28. The fourth-order valence-corrected chi connectivity index (χ4v) is 3.98. The van der Waals surface area contributed by atoms with Gasteiger partial charge >= 0.3 is 0 Å². The summed E-state index contributed by atoms with van der Waals surface area (Å²) in [5.41, 5.74) is 0.678. The van der Waals surface area contributed by atoms with Crippen LogP contribution in [0, 0.1) is 0 Å². The Morgan fingerprint density at radius 1 is 0.917 bits per heavy atom. The van der Waals surface area contributed by atoms with Crippen molar-refractivity contribution < 1.29 is 28.5 Å². The van der Waals surface area contributed by atoms with Gasteiger partial charge in [0, 0.05) is 18.3 Å². The molecule has 0 saturated carbocycles. The van der Waals surface area contributed by atoms with Gasteiger partial charge in [-0.2, -0.15) is 0 Å². The number of aromatic nitrogens is 3. The second-order valence-corrected chi connectivity index (χ2v) is 8.23. The summed E-state index contributed by atoms with van der Waals surface area (Å²) in [6.45, 7) is 2.52. The van der Waals surface area contributed by atoms with E-state index in [1.165, 1.54) is 18.9 Å². The predicted octanol–water partition coefficient (Wildman–Crippen LogP) is 2.75. The average Bonchev–Trinajstić information content (AvgIpc) is 3.31. The molecule has 0 radical (unpaired) electrons. The lowest BCUT2D eigenvalue weighted by Crippen LogP contribution is -2.29. The Morgan fingerprint density at radius 3 is 2.31 bits per heavy atom. The van der Waals surface area contributed by atoms with Crippen LogP contribution in [0.4, 0.5) is 5.69 Å². The minimum absolute atomic E-state index is 0.162. The number of methoxy groups -OCH3 is 3. The minimum Gasteiger partial charge on any atom is -0.497 e. The summed E-state index contributed by atoms with van der Waals surface area (Å²) < 4.78 is 22.9. The Labute approximate surface area is 213 Å². The lowest BCUT2D eigenvalue weighted by molar-refractivity contribution is -0.123. The van der Waals surface area contributed by atoms with Crippen LogP contribution < -0.4 is 29.6 Å². The number of benzene rings is 2. The first-order valence-electron chi connectivity index (χ1n) is 11.1. The monoisotopic (exact) mass is 515 g/mol. The van der Waals surface area contributed by atoms with Crippen LogP contribution in [-0.2, 0) is 22.7 Å². The lowest BCUT2D eigenvalue weighted by Gasteiger charge is -2.11. The largest absolute Gasteiger partial charge is 0.497 e. The van der Waals surface area contributed by atoms with Gasteiger partial charge in [0.25, 0.3) is 5.91 Å². The molecule has 0 saturated heterocycles. The smallest absolute Gasteiger partial charge is 0.258 e. The normalized spacial score (nSPS) is 10.4. The minimum atomic E-state index is -0.316. The number of nitrogens with one attached hydrogen (secondary N) is 2. The van der Waals surface area contributed by atoms with Crippen molar-refractivity contribution in [3.05, 3.63) is 48.3 Å². The van der Waals surface area contributed by atoms with Gasteiger partial charge in [0.1, 0.15) is 11.5 Å². The van der Waals surface area contributed by atoms with Gasteiger partial charge in [0.2, 0.25) is 5.91 Å². The molecule has 0 spiro atoms. The Bertz CT molecular complexity index is 1170. The van der Waals surface area contributed by atoms with Crippen LogP contribution in [0.25, 0.3) is 0 Å². The molecule has 1 aromatic heterocycles. The Hall–Kier alpha value is -3.93. The van der Waals surface area contributed by atoms with Crippen molar-refractivity contribution in [1.82, 2.24) is 20.1 Å². The molecule has 0 unspecified atom stereocenters. The molecular weight excluding hydrogens is 486 g/mol. The number of anilines is 1. The molecule has 2 aromatic carbocycles. The Morgan fingerprint density at radius 2 is 1.64 bits per heavy atom. The van der Waals surface area contributed by atoms with Crippen LogP contribution in [0.1, 0.15) is 12.7 Å². The molecule has 12 heteroatoms. The molecule has 0 aliphatic rings. The zero-order valence-corrected chi connectivity index (χ0v) is 21.4. The van der Waals surface area contributed by atoms with E-state index in [0.29, 0.717) is 46.2 Å². The molecule has 0 aliphatic carbocycles. The average molecular weight is 516 g/mol. The standard InChI is InChI=1S/C24H29N5O6S/c1-5-29-21(13-25-22(30)14-35-18-10-11-19(33-3)20(12-18)34-4)27-28-24(29)36-15-23(31)26-16-6-8-17(32-2)9-7-16/h6-12H,5,13-15H2,1-4H3,(H,25,30)(H,26,31). The topological polar surface area (TPSA) is 126 Å². The molecule has 11 nitrogen and oxygen atoms in total. The number of nitrogens with zero attached hydrogens (tertiary/aromatic N) is 3. The van der Waals surface area contributed by atoms with Gasteiger partial charge in [-0.25, -0.2) is 0 Å². The first-order chi connectivity index (χ1) is 17.5. The highest BCUT2D eigenvalue weighted by Gasteiger charge is 2.15. The summed E-state index contributed by atoms with van der Waals surface area (Å²) in [5, 5.41) is 14.5. The fraction of sp³-hybridized carbons (Fsp3) is 0.333. The van der Waals surface area contributed by atoms with E-state index in [-0.39, 0.29) is 30.7 Å². The van der Waals surface area contributed by atoms with E-state index in [4.69, 9.17) is 18.9 Å². The number of hydrogen-bond acceptors (Lipinski definition) is 9. The molecule has 192 valence electrons. The highest BCUT2D eigenvalue weighted by Crippen LogP contribution is 2.30. The molecule has 0 bridgehead atoms. The quantitative estimate of drug-likeness (QED) is 0.331. The number of ether oxygens (including phenoxy) is 4. The molecule has 2 amide bonds. The van der Waals surface area contributed by atoms with Crippen molar-refractivity contribution in [3.8, 4) is 23.0 Å². The van der Waals surface area contributed by atoms with Crippen molar-refractivity contribution in [2.75, 3.05) is 39.0 Å². The summed E-state index contributed by atoms with van der Waals surface area (Å²) >= 11 is 1.27. The molecule has 0 atom stereocenters. The number of hydrogen-bond donors (Lipinski definition) is 2. The van der Waals surface area contributed by atoms with Crippen molar-refractivity contribution in [2.24, 2.45) is 0 Å². The lowest BCUT2D eigenvalue weighted by atomic mass is 10.3. The number of carbonyl (C=O) groups excluding carboxylic acids is 2. The number of carbonyl (C=O) groups is 2. The molecular formula is C24H29N5O6S. The fourth-order valence-electron chi connectivity index (χ4n) is 3.16. The molecule has 3 aromatic rings. The zero-order chi connectivity index (χ0) is 25.9. The van der Waals surface area contributed by atoms with E-state index >= 15 is 0 Å². The van der Waals surface area contributed by atoms with Gasteiger partial charge in [0.15, 0.2) is 29.1 Å². The van der Waals surface area contributed by atoms with E-state index in [2.05, 4.69) is 20.8 Å². The Balaban J connectivity index is 1.47. The van der Waals surface area contributed by atoms with Crippen molar-refractivity contribution >= 4 is 29.3 Å². The van der Waals surface area contributed by atoms with E-state index in [9.17, 15) is 9.59 Å². The maximum Gasteiger partial charge on any atom is 0.258 e. The summed E-state index contributed by atoms with van der Waals surface area (Å²) in [5.74, 6) is 2.53. The van der Waals surface area contributed by atoms with Gasteiger partial charge in [-0.15, -0.1) is 10.2 Å². The van der Waals surface area contributed by atoms with Crippen LogP contribution in [-0.4, -0.2) is 60.3 Å². The van der Waals surface area contributed by atoms with Crippen molar-refractivity contribution in [3.63, 3.8) is 0 Å². The molecule has 0 fully saturated rings. The van der Waals surface area contributed by atoms with Gasteiger partial charge in [-0.05, 0) is 43.3 Å². The summed E-state index contributed by atoms with van der Waals surface area (Å²) in [6.07, 6.45) is 0. The van der Waals surface area contributed by atoms with E-state index < -0.39 is 0 Å². The van der Waals surface area contributed by atoms with Crippen LogP contribution in [0.2, 0.25) is 0 Å². The number of amides is 2. The van der Waals surface area contributed by atoms with E-state index in [0.717, 1.165) is 0 Å². The van der Waals surface area contributed by atoms with Gasteiger partial charge in [-0.1, -0.05) is 11.8 Å². The molecule has 3 rings (SSSR count). The summed E-state index contributed by atoms with van der Waals surface area (Å²) in [6, 6.07) is 12.1. The van der Waals surface area contributed by atoms with Gasteiger partial charge in [0.05, 0.1) is 33.6 Å². The highest BCUT2D eigenvalue weighted by atomic mass is 32.2. The maximum atomic E-state index is 12.3. The van der Waals surface area contributed by atoms with Crippen LogP contribution in [0.15, 0.2) is 47.6 Å².